The summed E-state index contributed by atoms with van der Waals surface area (Å²) < 4.78 is 46.6. The van der Waals surface area contributed by atoms with Gasteiger partial charge in [-0.25, -0.2) is 0 Å². The van der Waals surface area contributed by atoms with Crippen LogP contribution in [-0.2, 0) is 17.4 Å². The molecule has 1 unspecified atom stereocenters. The van der Waals surface area contributed by atoms with E-state index in [4.69, 9.17) is 4.42 Å². The third-order valence-corrected chi connectivity index (χ3v) is 6.51. The van der Waals surface area contributed by atoms with Crippen molar-refractivity contribution in [1.82, 2.24) is 19.5 Å². The van der Waals surface area contributed by atoms with E-state index in [-0.39, 0.29) is 18.2 Å². The Bertz CT molecular complexity index is 1360. The van der Waals surface area contributed by atoms with Crippen LogP contribution in [0.15, 0.2) is 41.1 Å². The fraction of sp³-hybridized carbons (Fsp3) is 0.375. The van der Waals surface area contributed by atoms with E-state index < -0.39 is 11.7 Å². The van der Waals surface area contributed by atoms with Crippen molar-refractivity contribution in [3.05, 3.63) is 64.8 Å². The molecular weight excluding hydrogens is 433 g/mol. The van der Waals surface area contributed by atoms with Gasteiger partial charge in [-0.1, -0.05) is 0 Å². The third-order valence-electron chi connectivity index (χ3n) is 6.51. The predicted molar refractivity (Wildman–Crippen MR) is 116 cm³/mol. The van der Waals surface area contributed by atoms with Gasteiger partial charge >= 0.3 is 6.18 Å². The van der Waals surface area contributed by atoms with E-state index >= 15 is 0 Å². The number of halogens is 3. The van der Waals surface area contributed by atoms with Gasteiger partial charge in [-0.3, -0.25) is 9.20 Å². The molecule has 0 N–H and O–H groups in total. The summed E-state index contributed by atoms with van der Waals surface area (Å²) in [5.41, 5.74) is 3.46. The number of furan rings is 1. The number of carbonyl (C=O) groups is 1. The summed E-state index contributed by atoms with van der Waals surface area (Å²) >= 11 is 0. The van der Waals surface area contributed by atoms with Gasteiger partial charge in [-0.2, -0.15) is 13.2 Å². The van der Waals surface area contributed by atoms with E-state index in [0.717, 1.165) is 52.8 Å². The number of piperidine rings is 1. The Kier molecular flexibility index (Phi) is 5.14. The topological polar surface area (TPSA) is 63.6 Å². The maximum Gasteiger partial charge on any atom is 0.417 e. The van der Waals surface area contributed by atoms with Gasteiger partial charge in [-0.15, -0.1) is 10.2 Å². The molecule has 0 spiro atoms. The van der Waals surface area contributed by atoms with Gasteiger partial charge in [-0.05, 0) is 62.1 Å². The van der Waals surface area contributed by atoms with Gasteiger partial charge in [0, 0.05) is 36.2 Å². The smallest absolute Gasteiger partial charge is 0.417 e. The monoisotopic (exact) mass is 456 g/mol. The number of pyridine rings is 1. The first-order valence-electron chi connectivity index (χ1n) is 10.9. The standard InChI is InChI=1S/C24H23F3N4O2/c1-14-8-19-17(13-33-20(19)9-15(14)2)10-22(32)30-7-3-4-16(11-30)23-29-28-21-6-5-18(12-31(21)23)24(25,26)27/h5-6,8-9,12-13,16H,3-4,7,10-11H2,1-2H3. The van der Waals surface area contributed by atoms with Crippen LogP contribution in [-0.4, -0.2) is 38.5 Å². The van der Waals surface area contributed by atoms with Gasteiger partial charge in [0.25, 0.3) is 0 Å². The van der Waals surface area contributed by atoms with Crippen LogP contribution in [0.1, 0.15) is 46.8 Å². The minimum Gasteiger partial charge on any atom is -0.464 e. The summed E-state index contributed by atoms with van der Waals surface area (Å²) in [5, 5.41) is 9.12. The maximum atomic E-state index is 13.2. The summed E-state index contributed by atoms with van der Waals surface area (Å²) in [6.45, 7) is 5.04. The van der Waals surface area contributed by atoms with Gasteiger partial charge < -0.3 is 9.32 Å². The highest BCUT2D eigenvalue weighted by Crippen LogP contribution is 2.32. The third kappa shape index (κ3) is 3.96. The zero-order valence-corrected chi connectivity index (χ0v) is 18.3. The first kappa shape index (κ1) is 21.5. The summed E-state index contributed by atoms with van der Waals surface area (Å²) in [7, 11) is 0. The second-order valence-corrected chi connectivity index (χ2v) is 8.75. The van der Waals surface area contributed by atoms with Gasteiger partial charge in [0.2, 0.25) is 5.91 Å². The molecule has 6 nitrogen and oxygen atoms in total. The molecule has 4 heterocycles. The number of rotatable bonds is 3. The molecular formula is C24H23F3N4O2. The SMILES string of the molecule is Cc1cc2occ(CC(=O)N3CCCC(c4nnc5ccc(C(F)(F)F)cn45)C3)c2cc1C. The number of amides is 1. The summed E-state index contributed by atoms with van der Waals surface area (Å²) in [4.78, 5) is 14.9. The highest BCUT2D eigenvalue weighted by molar-refractivity contribution is 5.88. The van der Waals surface area contributed by atoms with Crippen molar-refractivity contribution in [2.45, 2.75) is 45.2 Å². The average Bonchev–Trinajstić information content (AvgIpc) is 3.37. The predicted octanol–water partition coefficient (Wildman–Crippen LogP) is 5.06. The van der Waals surface area contributed by atoms with Crippen molar-refractivity contribution in [1.29, 1.82) is 0 Å². The molecule has 1 aliphatic heterocycles. The molecule has 1 aliphatic rings. The largest absolute Gasteiger partial charge is 0.464 e. The maximum absolute atomic E-state index is 13.2. The highest BCUT2D eigenvalue weighted by Gasteiger charge is 2.33. The Hall–Kier alpha value is -3.36. The molecule has 1 fully saturated rings. The van der Waals surface area contributed by atoms with Crippen molar-refractivity contribution in [3.63, 3.8) is 0 Å². The Morgan fingerprint density at radius 1 is 1.18 bits per heavy atom. The van der Waals surface area contributed by atoms with Crippen molar-refractivity contribution < 1.29 is 22.4 Å². The minimum atomic E-state index is -4.45. The van der Waals surface area contributed by atoms with E-state index in [2.05, 4.69) is 10.2 Å². The van der Waals surface area contributed by atoms with Crippen LogP contribution in [0.2, 0.25) is 0 Å². The Balaban J connectivity index is 1.37. The van der Waals surface area contributed by atoms with Crippen molar-refractivity contribution in [2.75, 3.05) is 13.1 Å². The second kappa shape index (κ2) is 7.90. The lowest BCUT2D eigenvalue weighted by Gasteiger charge is -2.32. The van der Waals surface area contributed by atoms with Gasteiger partial charge in [0.15, 0.2) is 5.65 Å². The number of fused-ring (bicyclic) bond motifs is 2. The number of carbonyl (C=O) groups excluding carboxylic acids is 1. The highest BCUT2D eigenvalue weighted by atomic mass is 19.4. The van der Waals surface area contributed by atoms with Gasteiger partial charge in [0.05, 0.1) is 18.2 Å². The lowest BCUT2D eigenvalue weighted by molar-refractivity contribution is -0.137. The van der Waals surface area contributed by atoms with Crippen LogP contribution < -0.4 is 0 Å². The van der Waals surface area contributed by atoms with Gasteiger partial charge in [0.1, 0.15) is 11.4 Å². The number of nitrogens with zero attached hydrogens (tertiary/aromatic N) is 4. The zero-order chi connectivity index (χ0) is 23.3. The molecule has 3 aromatic heterocycles. The Morgan fingerprint density at radius 3 is 2.76 bits per heavy atom. The van der Waals surface area contributed by atoms with E-state index in [0.29, 0.717) is 24.6 Å². The van der Waals surface area contributed by atoms with Crippen molar-refractivity contribution in [3.8, 4) is 0 Å². The van der Waals surface area contributed by atoms with Crippen LogP contribution >= 0.6 is 0 Å². The minimum absolute atomic E-state index is 0.0366. The molecule has 9 heteroatoms. The number of hydrogen-bond donors (Lipinski definition) is 0. The lowest BCUT2D eigenvalue weighted by Crippen LogP contribution is -2.40. The van der Waals surface area contributed by atoms with Crippen LogP contribution in [0.25, 0.3) is 16.6 Å². The number of hydrogen-bond acceptors (Lipinski definition) is 4. The van der Waals surface area contributed by atoms with E-state index in [1.54, 1.807) is 11.2 Å². The lowest BCUT2D eigenvalue weighted by atomic mass is 9.96. The molecule has 0 radical (unpaired) electrons. The molecule has 33 heavy (non-hydrogen) atoms. The summed E-state index contributed by atoms with van der Waals surface area (Å²) in [6.07, 6.45) is -0.0980. The molecule has 1 atom stereocenters. The molecule has 0 bridgehead atoms. The summed E-state index contributed by atoms with van der Waals surface area (Å²) in [6, 6.07) is 6.33. The number of likely N-dealkylation sites (tertiary alicyclic amines) is 1. The molecule has 5 rings (SSSR count). The van der Waals surface area contributed by atoms with E-state index in [9.17, 15) is 18.0 Å². The van der Waals surface area contributed by atoms with Crippen molar-refractivity contribution in [2.24, 2.45) is 0 Å². The average molecular weight is 456 g/mol. The van der Waals surface area contributed by atoms with E-state index in [1.165, 1.54) is 10.5 Å². The molecule has 0 saturated carbocycles. The Labute approximate surface area is 188 Å². The molecule has 172 valence electrons. The number of aromatic nitrogens is 3. The zero-order valence-electron chi connectivity index (χ0n) is 18.3. The quantitative estimate of drug-likeness (QED) is 0.432. The number of alkyl halides is 3. The molecule has 0 aliphatic carbocycles. The Morgan fingerprint density at radius 2 is 1.97 bits per heavy atom. The van der Waals surface area contributed by atoms with Crippen LogP contribution in [0.3, 0.4) is 0 Å². The number of aryl methyl sites for hydroxylation is 2. The summed E-state index contributed by atoms with van der Waals surface area (Å²) in [5.74, 6) is 0.228. The van der Waals surface area contributed by atoms with E-state index in [1.807, 2.05) is 26.0 Å². The fourth-order valence-electron chi connectivity index (χ4n) is 4.52. The molecule has 4 aromatic rings. The number of benzene rings is 1. The first-order valence-corrected chi connectivity index (χ1v) is 10.9. The molecule has 1 saturated heterocycles. The van der Waals surface area contributed by atoms with Crippen LogP contribution in [0.5, 0.6) is 0 Å². The van der Waals surface area contributed by atoms with Crippen LogP contribution in [0, 0.1) is 13.8 Å². The first-order chi connectivity index (χ1) is 15.7. The second-order valence-electron chi connectivity index (χ2n) is 8.75. The molecule has 1 amide bonds. The van der Waals surface area contributed by atoms with Crippen molar-refractivity contribution >= 4 is 22.5 Å². The van der Waals surface area contributed by atoms with Crippen LogP contribution in [0.4, 0.5) is 13.2 Å². The molecule has 1 aromatic carbocycles. The fourth-order valence-corrected chi connectivity index (χ4v) is 4.52. The normalized spacial score (nSPS) is 17.2.